The zero-order valence-corrected chi connectivity index (χ0v) is 17.8. The van der Waals surface area contributed by atoms with Crippen LogP contribution in [0.25, 0.3) is 0 Å². The van der Waals surface area contributed by atoms with Gasteiger partial charge in [-0.3, -0.25) is 5.43 Å². The van der Waals surface area contributed by atoms with E-state index in [1.807, 2.05) is 6.07 Å². The Morgan fingerprint density at radius 1 is 1.29 bits per heavy atom. The van der Waals surface area contributed by atoms with Gasteiger partial charge in [0.05, 0.1) is 0 Å². The maximum absolute atomic E-state index is 6.57. The van der Waals surface area contributed by atoms with Crippen LogP contribution in [0.4, 0.5) is 5.69 Å². The molecule has 0 amide bonds. The van der Waals surface area contributed by atoms with Gasteiger partial charge in [-0.1, -0.05) is 61.9 Å². The van der Waals surface area contributed by atoms with E-state index in [1.54, 1.807) is 11.8 Å². The van der Waals surface area contributed by atoms with Crippen molar-refractivity contribution in [3.05, 3.63) is 41.5 Å². The molecule has 1 aliphatic carbocycles. The summed E-state index contributed by atoms with van der Waals surface area (Å²) < 4.78 is 6.57. The Bertz CT molecular complexity index is 803. The van der Waals surface area contributed by atoms with Gasteiger partial charge in [-0.15, -0.1) is 0 Å². The third-order valence-electron chi connectivity index (χ3n) is 5.76. The van der Waals surface area contributed by atoms with Crippen LogP contribution in [0.3, 0.4) is 0 Å². The molecule has 4 unspecified atom stereocenters. The summed E-state index contributed by atoms with van der Waals surface area (Å²) in [4.78, 5) is 4.88. The lowest BCUT2D eigenvalue weighted by Gasteiger charge is -2.35. The number of para-hydroxylation sites is 1. The van der Waals surface area contributed by atoms with E-state index < -0.39 is 0 Å². The highest BCUT2D eigenvalue weighted by Crippen LogP contribution is 2.36. The number of thioether (sulfide) groups is 1. The first-order valence-electron chi connectivity index (χ1n) is 10.4. The van der Waals surface area contributed by atoms with Crippen molar-refractivity contribution in [2.24, 2.45) is 21.9 Å². The number of ether oxygens (including phenoxy) is 1. The van der Waals surface area contributed by atoms with Crippen molar-refractivity contribution >= 4 is 28.3 Å². The fourth-order valence-corrected chi connectivity index (χ4v) is 5.04. The second kappa shape index (κ2) is 8.70. The Hall–Kier alpha value is -1.79. The number of hydrogen-bond donors (Lipinski definition) is 2. The Balaban J connectivity index is 1.62. The van der Waals surface area contributed by atoms with Gasteiger partial charge >= 0.3 is 0 Å². The fraction of sp³-hybridized carbons (Fsp3) is 0.545. The van der Waals surface area contributed by atoms with Crippen LogP contribution < -0.4 is 10.7 Å². The molecule has 3 aliphatic rings. The molecule has 2 N–H and O–H groups in total. The smallest absolute Gasteiger partial charge is 0.198 e. The fourth-order valence-electron chi connectivity index (χ4n) is 4.13. The highest BCUT2D eigenvalue weighted by atomic mass is 32.2. The minimum absolute atomic E-state index is 0.0815. The summed E-state index contributed by atoms with van der Waals surface area (Å²) in [5.74, 6) is 2.02. The Labute approximate surface area is 172 Å². The van der Waals surface area contributed by atoms with Crippen LogP contribution in [0.2, 0.25) is 0 Å². The molecule has 5 nitrogen and oxygen atoms in total. The number of rotatable bonds is 4. The van der Waals surface area contributed by atoms with Gasteiger partial charge in [-0.2, -0.15) is 5.10 Å². The van der Waals surface area contributed by atoms with Crippen molar-refractivity contribution in [2.45, 2.75) is 58.9 Å². The lowest BCUT2D eigenvalue weighted by atomic mass is 9.80. The number of benzene rings is 1. The summed E-state index contributed by atoms with van der Waals surface area (Å²) in [6.45, 7) is 6.76. The third kappa shape index (κ3) is 4.13. The van der Waals surface area contributed by atoms with Crippen LogP contribution >= 0.6 is 11.8 Å². The molecule has 0 bridgehead atoms. The average Bonchev–Trinajstić information content (AvgIpc) is 2.84. The van der Waals surface area contributed by atoms with E-state index in [-0.39, 0.29) is 12.5 Å². The molecular weight excluding hydrogens is 368 g/mol. The highest BCUT2D eigenvalue weighted by molar-refractivity contribution is 8.13. The van der Waals surface area contributed by atoms with Gasteiger partial charge in [-0.05, 0) is 38.2 Å². The van der Waals surface area contributed by atoms with Gasteiger partial charge in [0.2, 0.25) is 0 Å². The van der Waals surface area contributed by atoms with Crippen molar-refractivity contribution < 1.29 is 4.74 Å². The number of nitrogens with zero attached hydrogens (tertiary/aromatic N) is 2. The van der Waals surface area contributed by atoms with Crippen LogP contribution in [-0.2, 0) is 4.74 Å². The monoisotopic (exact) mass is 398 g/mol. The molecule has 1 aromatic carbocycles. The predicted molar refractivity (Wildman–Crippen MR) is 119 cm³/mol. The molecule has 6 heteroatoms. The standard InChI is InChI=1S/C22H30N4OS/c1-4-5-12-28-22-24-21-19(25-26-22)17-8-6-7-9-18(17)23-20(27-21)16-11-10-14(2)13-15(16)3/h6-10,15-16,20-21,23H,4-5,11-13H2,1-3H3,(H,24,26). The second-order valence-corrected chi connectivity index (χ2v) is 9.06. The minimum Gasteiger partial charge on any atom is -0.359 e. The first kappa shape index (κ1) is 19.5. The number of allylic oxidation sites excluding steroid dienone is 2. The Morgan fingerprint density at radius 2 is 2.14 bits per heavy atom. The van der Waals surface area contributed by atoms with E-state index in [2.05, 4.69) is 60.9 Å². The van der Waals surface area contributed by atoms with E-state index in [0.29, 0.717) is 11.8 Å². The van der Waals surface area contributed by atoms with E-state index in [4.69, 9.17) is 9.73 Å². The zero-order valence-electron chi connectivity index (χ0n) is 16.9. The van der Waals surface area contributed by atoms with Gasteiger partial charge < -0.3 is 10.1 Å². The largest absolute Gasteiger partial charge is 0.359 e. The first-order chi connectivity index (χ1) is 13.7. The van der Waals surface area contributed by atoms with Gasteiger partial charge in [0.15, 0.2) is 11.4 Å². The topological polar surface area (TPSA) is 58.0 Å². The Kier molecular flexibility index (Phi) is 6.07. The summed E-state index contributed by atoms with van der Waals surface area (Å²) in [5.41, 5.74) is 7.63. The van der Waals surface area contributed by atoms with Crippen molar-refractivity contribution in [2.75, 3.05) is 11.1 Å². The Morgan fingerprint density at radius 3 is 2.96 bits per heavy atom. The van der Waals surface area contributed by atoms with Gasteiger partial charge in [-0.25, -0.2) is 4.99 Å². The van der Waals surface area contributed by atoms with E-state index in [1.165, 1.54) is 18.4 Å². The normalized spacial score (nSPS) is 29.2. The number of fused-ring (bicyclic) bond motifs is 3. The summed E-state index contributed by atoms with van der Waals surface area (Å²) in [6.07, 6.45) is 6.42. The van der Waals surface area contributed by atoms with E-state index >= 15 is 0 Å². The molecule has 2 aliphatic heterocycles. The number of amidine groups is 1. The summed E-state index contributed by atoms with van der Waals surface area (Å²) in [6, 6.07) is 8.32. The van der Waals surface area contributed by atoms with Gasteiger partial charge in [0, 0.05) is 22.9 Å². The number of unbranched alkanes of at least 4 members (excludes halogenated alkanes) is 1. The number of hydrazone groups is 1. The molecule has 1 aromatic rings. The van der Waals surface area contributed by atoms with Crippen LogP contribution in [-0.4, -0.2) is 29.1 Å². The van der Waals surface area contributed by atoms with Crippen molar-refractivity contribution in [1.82, 2.24) is 5.43 Å². The van der Waals surface area contributed by atoms with Crippen molar-refractivity contribution in [3.8, 4) is 0 Å². The third-order valence-corrected chi connectivity index (χ3v) is 6.72. The van der Waals surface area contributed by atoms with E-state index in [0.717, 1.165) is 40.7 Å². The quantitative estimate of drug-likeness (QED) is 0.555. The molecule has 0 saturated heterocycles. The number of aliphatic imine (C=N–C) groups is 1. The molecule has 0 fully saturated rings. The molecule has 2 heterocycles. The van der Waals surface area contributed by atoms with Gasteiger partial charge in [0.1, 0.15) is 11.9 Å². The average molecular weight is 399 g/mol. The highest BCUT2D eigenvalue weighted by Gasteiger charge is 2.37. The zero-order chi connectivity index (χ0) is 19.5. The molecular formula is C22H30N4OS. The first-order valence-corrected chi connectivity index (χ1v) is 11.4. The minimum atomic E-state index is -0.370. The molecule has 4 atom stereocenters. The number of anilines is 1. The van der Waals surface area contributed by atoms with Crippen LogP contribution in [0, 0.1) is 11.8 Å². The summed E-state index contributed by atoms with van der Waals surface area (Å²) >= 11 is 1.73. The molecule has 0 radical (unpaired) electrons. The lowest BCUT2D eigenvalue weighted by Crippen LogP contribution is -2.41. The van der Waals surface area contributed by atoms with Crippen LogP contribution in [0.5, 0.6) is 0 Å². The van der Waals surface area contributed by atoms with Gasteiger partial charge in [0.25, 0.3) is 0 Å². The molecule has 0 saturated carbocycles. The molecule has 28 heavy (non-hydrogen) atoms. The van der Waals surface area contributed by atoms with Crippen molar-refractivity contribution in [1.29, 1.82) is 0 Å². The summed E-state index contributed by atoms with van der Waals surface area (Å²) in [5, 5.41) is 9.18. The molecule has 0 spiro atoms. The molecule has 0 aromatic heterocycles. The van der Waals surface area contributed by atoms with Crippen LogP contribution in [0.15, 0.2) is 46.0 Å². The second-order valence-electron chi connectivity index (χ2n) is 7.98. The molecule has 150 valence electrons. The number of nitrogens with one attached hydrogen (secondary N) is 2. The number of hydrogen-bond acceptors (Lipinski definition) is 6. The lowest BCUT2D eigenvalue weighted by molar-refractivity contribution is -0.00687. The maximum Gasteiger partial charge on any atom is 0.198 e. The molecule has 4 rings (SSSR count). The van der Waals surface area contributed by atoms with Crippen molar-refractivity contribution in [3.63, 3.8) is 0 Å². The van der Waals surface area contributed by atoms with E-state index in [9.17, 15) is 0 Å². The predicted octanol–water partition coefficient (Wildman–Crippen LogP) is 4.97. The SMILES string of the molecule is CCCCSC1=NC2OC(C3CC=C(C)CC3C)Nc3ccccc3C2=NN1. The van der Waals surface area contributed by atoms with Crippen LogP contribution in [0.1, 0.15) is 52.0 Å². The maximum atomic E-state index is 6.57. The summed E-state index contributed by atoms with van der Waals surface area (Å²) in [7, 11) is 0.